The van der Waals surface area contributed by atoms with Gasteiger partial charge in [0.05, 0.1) is 13.5 Å². The van der Waals surface area contributed by atoms with Gasteiger partial charge in [0, 0.05) is 46.8 Å². The molecule has 1 N–H and O–H groups in total. The number of aliphatic carboxylic acids is 1. The number of hydrogen-bond acceptors (Lipinski definition) is 7. The summed E-state index contributed by atoms with van der Waals surface area (Å²) in [6.07, 6.45) is 10.5. The van der Waals surface area contributed by atoms with Crippen molar-refractivity contribution in [2.75, 3.05) is 20.2 Å². The number of nitrogens with zero attached hydrogens (tertiary/aromatic N) is 4. The maximum atomic E-state index is 11.6. The Kier molecular flexibility index (Phi) is 6.18. The molecule has 3 aromatic rings. The molecule has 3 aliphatic carbocycles. The normalized spacial score (nSPS) is 23.9. The fraction of sp³-hybridized carbons (Fsp3) is 0.548. The lowest BCUT2D eigenvalue weighted by Gasteiger charge is -2.30. The topological polar surface area (TPSA) is 102 Å². The number of methoxy groups -OCH3 is 1. The highest BCUT2D eigenvalue weighted by Crippen LogP contribution is 2.50. The number of aromatic nitrogens is 3. The Morgan fingerprint density at radius 3 is 2.79 bits per heavy atom. The summed E-state index contributed by atoms with van der Waals surface area (Å²) >= 11 is 0. The van der Waals surface area contributed by atoms with Crippen LogP contribution in [0.15, 0.2) is 34.9 Å². The molecular formula is C31H36N4O4. The van der Waals surface area contributed by atoms with Gasteiger partial charge in [-0.2, -0.15) is 4.98 Å². The predicted octanol–water partition coefficient (Wildman–Crippen LogP) is 5.61. The van der Waals surface area contributed by atoms with E-state index in [4.69, 9.17) is 19.2 Å². The zero-order valence-corrected chi connectivity index (χ0v) is 22.6. The molecule has 1 saturated heterocycles. The van der Waals surface area contributed by atoms with Crippen molar-refractivity contribution in [3.63, 3.8) is 0 Å². The summed E-state index contributed by atoms with van der Waals surface area (Å²) in [4.78, 5) is 23.6. The number of ether oxygens (including phenoxy) is 1. The highest BCUT2D eigenvalue weighted by Gasteiger charge is 2.48. The van der Waals surface area contributed by atoms with E-state index in [2.05, 4.69) is 34.3 Å². The molecule has 1 aromatic carbocycles. The van der Waals surface area contributed by atoms with Gasteiger partial charge in [0.1, 0.15) is 0 Å². The molecule has 8 nitrogen and oxygen atoms in total. The average molecular weight is 529 g/mol. The minimum atomic E-state index is -0.683. The summed E-state index contributed by atoms with van der Waals surface area (Å²) in [5, 5.41) is 13.9. The molecule has 2 aromatic heterocycles. The summed E-state index contributed by atoms with van der Waals surface area (Å²) in [6, 6.07) is 10.6. The van der Waals surface area contributed by atoms with Gasteiger partial charge in [-0.15, -0.1) is 0 Å². The molecule has 2 unspecified atom stereocenters. The second kappa shape index (κ2) is 9.73. The van der Waals surface area contributed by atoms with Crippen LogP contribution >= 0.6 is 0 Å². The van der Waals surface area contributed by atoms with Crippen molar-refractivity contribution >= 4 is 5.97 Å². The van der Waals surface area contributed by atoms with Crippen molar-refractivity contribution in [2.45, 2.75) is 81.6 Å². The first kappa shape index (κ1) is 24.8. The SMILES string of the molecule is COc1cc(-c2nc(-c3cccc4c3CCC43CCN(C(CC(=O)O)C4CC4)C3)no2)cc(C2CCCC2)n1. The number of carbonyl (C=O) groups is 1. The molecule has 39 heavy (non-hydrogen) atoms. The van der Waals surface area contributed by atoms with Gasteiger partial charge in [-0.3, -0.25) is 9.69 Å². The van der Waals surface area contributed by atoms with Crippen molar-refractivity contribution in [1.82, 2.24) is 20.0 Å². The predicted molar refractivity (Wildman–Crippen MR) is 146 cm³/mol. The van der Waals surface area contributed by atoms with Crippen molar-refractivity contribution in [1.29, 1.82) is 0 Å². The third kappa shape index (κ3) is 4.52. The molecule has 0 amide bonds. The van der Waals surface area contributed by atoms with E-state index in [-0.39, 0.29) is 17.9 Å². The Bertz CT molecular complexity index is 1390. The van der Waals surface area contributed by atoms with Gasteiger partial charge < -0.3 is 14.4 Å². The third-order valence-electron chi connectivity index (χ3n) is 9.72. The van der Waals surface area contributed by atoms with Crippen LogP contribution in [0.1, 0.15) is 80.5 Å². The van der Waals surface area contributed by atoms with E-state index < -0.39 is 5.97 Å². The largest absolute Gasteiger partial charge is 0.481 e. The van der Waals surface area contributed by atoms with Gasteiger partial charge in [-0.05, 0) is 74.6 Å². The second-order valence-corrected chi connectivity index (χ2v) is 12.1. The third-order valence-corrected chi connectivity index (χ3v) is 9.72. The lowest BCUT2D eigenvalue weighted by molar-refractivity contribution is -0.138. The van der Waals surface area contributed by atoms with Gasteiger partial charge >= 0.3 is 5.97 Å². The molecule has 2 saturated carbocycles. The van der Waals surface area contributed by atoms with Crippen molar-refractivity contribution in [3.05, 3.63) is 47.2 Å². The first-order valence-corrected chi connectivity index (χ1v) is 14.5. The number of rotatable bonds is 8. The molecule has 3 heterocycles. The number of likely N-dealkylation sites (tertiary alicyclic amines) is 1. The van der Waals surface area contributed by atoms with Crippen molar-refractivity contribution < 1.29 is 19.2 Å². The highest BCUT2D eigenvalue weighted by molar-refractivity contribution is 5.68. The highest BCUT2D eigenvalue weighted by atomic mass is 16.5. The Balaban J connectivity index is 1.17. The van der Waals surface area contributed by atoms with E-state index in [9.17, 15) is 9.90 Å². The van der Waals surface area contributed by atoms with Crippen LogP contribution in [0.5, 0.6) is 5.88 Å². The Labute approximate surface area is 228 Å². The van der Waals surface area contributed by atoms with Crippen LogP contribution in [-0.4, -0.2) is 57.3 Å². The number of pyridine rings is 1. The van der Waals surface area contributed by atoms with Crippen LogP contribution in [0, 0.1) is 5.92 Å². The quantitative estimate of drug-likeness (QED) is 0.403. The van der Waals surface area contributed by atoms with Crippen LogP contribution in [-0.2, 0) is 16.6 Å². The zero-order chi connectivity index (χ0) is 26.6. The lowest BCUT2D eigenvalue weighted by atomic mass is 9.80. The molecule has 1 spiro atoms. The first-order chi connectivity index (χ1) is 19.0. The summed E-state index contributed by atoms with van der Waals surface area (Å²) in [5.74, 6) is 2.00. The molecular weight excluding hydrogens is 492 g/mol. The maximum absolute atomic E-state index is 11.6. The van der Waals surface area contributed by atoms with E-state index >= 15 is 0 Å². The number of benzene rings is 1. The van der Waals surface area contributed by atoms with Crippen molar-refractivity contribution in [2.24, 2.45) is 5.92 Å². The molecule has 7 rings (SSSR count). The summed E-state index contributed by atoms with van der Waals surface area (Å²) in [7, 11) is 1.64. The fourth-order valence-corrected chi connectivity index (χ4v) is 7.56. The van der Waals surface area contributed by atoms with E-state index in [1.165, 1.54) is 24.0 Å². The smallest absolute Gasteiger partial charge is 0.304 e. The molecule has 0 radical (unpaired) electrons. The molecule has 8 heteroatoms. The fourth-order valence-electron chi connectivity index (χ4n) is 7.56. The van der Waals surface area contributed by atoms with E-state index in [1.807, 2.05) is 6.07 Å². The summed E-state index contributed by atoms with van der Waals surface area (Å²) < 4.78 is 11.3. The van der Waals surface area contributed by atoms with Crippen molar-refractivity contribution in [3.8, 4) is 28.7 Å². The standard InChI is InChI=1S/C31H36N4O4/c1-38-27-16-21(15-25(32-27)19-5-2-3-6-19)30-33-29(34-39-30)23-7-4-8-24-22(23)11-12-31(24)13-14-35(18-31)26(17-28(36)37)20-9-10-20/h4,7-8,15-16,19-20,26H,2-3,5-6,9-14,17-18H2,1H3,(H,36,37). The van der Waals surface area contributed by atoms with E-state index in [0.717, 1.165) is 74.9 Å². The van der Waals surface area contributed by atoms with Gasteiger partial charge in [0.2, 0.25) is 11.7 Å². The molecule has 204 valence electrons. The van der Waals surface area contributed by atoms with Gasteiger partial charge in [0.15, 0.2) is 0 Å². The van der Waals surface area contributed by atoms with Crippen LogP contribution in [0.25, 0.3) is 22.8 Å². The Morgan fingerprint density at radius 2 is 2.03 bits per heavy atom. The Hall–Kier alpha value is -3.26. The van der Waals surface area contributed by atoms with Crippen LogP contribution < -0.4 is 4.74 Å². The average Bonchev–Trinajstić information content (AvgIpc) is 3.38. The van der Waals surface area contributed by atoms with Gasteiger partial charge in [-0.1, -0.05) is 36.2 Å². The number of carboxylic acids is 1. The van der Waals surface area contributed by atoms with Gasteiger partial charge in [-0.25, -0.2) is 4.98 Å². The number of hydrogen-bond donors (Lipinski definition) is 1. The monoisotopic (exact) mass is 528 g/mol. The molecule has 0 bridgehead atoms. The molecule has 2 atom stereocenters. The molecule has 3 fully saturated rings. The lowest BCUT2D eigenvalue weighted by Crippen LogP contribution is -2.39. The van der Waals surface area contributed by atoms with E-state index in [0.29, 0.717) is 29.4 Å². The van der Waals surface area contributed by atoms with E-state index in [1.54, 1.807) is 7.11 Å². The maximum Gasteiger partial charge on any atom is 0.304 e. The van der Waals surface area contributed by atoms with Crippen LogP contribution in [0.2, 0.25) is 0 Å². The molecule has 1 aliphatic heterocycles. The van der Waals surface area contributed by atoms with Gasteiger partial charge in [0.25, 0.3) is 5.89 Å². The number of carboxylic acid groups (broad SMARTS) is 1. The second-order valence-electron chi connectivity index (χ2n) is 12.1. The minimum Gasteiger partial charge on any atom is -0.481 e. The van der Waals surface area contributed by atoms with Crippen LogP contribution in [0.4, 0.5) is 0 Å². The molecule has 4 aliphatic rings. The number of fused-ring (bicyclic) bond motifs is 2. The van der Waals surface area contributed by atoms with Crippen LogP contribution in [0.3, 0.4) is 0 Å². The minimum absolute atomic E-state index is 0.0815. The zero-order valence-electron chi connectivity index (χ0n) is 22.6. The summed E-state index contributed by atoms with van der Waals surface area (Å²) in [6.45, 7) is 1.91. The summed E-state index contributed by atoms with van der Waals surface area (Å²) in [5.41, 5.74) is 5.71. The first-order valence-electron chi connectivity index (χ1n) is 14.5. The Morgan fingerprint density at radius 1 is 1.18 bits per heavy atom.